The van der Waals surface area contributed by atoms with Gasteiger partial charge in [0, 0.05) is 18.0 Å². The highest BCUT2D eigenvalue weighted by molar-refractivity contribution is 5.97. The molecule has 2 aromatic heterocycles. The standard InChI is InChI=1S/C21H27N7O3/c1-4-21(5-2)27-19(30)17-11(3)6-14(20(31)28(17)21)25-15-9-16(24-10-23-15)26-18(29)12-7-13(22)8-12/h6,9-10,12-13H,4-5,7-8,22H2,1-3H3,(H,27,30)(H2,23,24,25,26,29). The van der Waals surface area contributed by atoms with Gasteiger partial charge in [-0.15, -0.1) is 0 Å². The zero-order valence-electron chi connectivity index (χ0n) is 17.9. The number of carbonyl (C=O) groups is 2. The first-order chi connectivity index (χ1) is 14.8. The van der Waals surface area contributed by atoms with Crippen LogP contribution in [0.5, 0.6) is 0 Å². The molecule has 0 radical (unpaired) electrons. The molecule has 1 aliphatic carbocycles. The van der Waals surface area contributed by atoms with Crippen molar-refractivity contribution < 1.29 is 9.59 Å². The van der Waals surface area contributed by atoms with Gasteiger partial charge in [-0.05, 0) is 44.2 Å². The lowest BCUT2D eigenvalue weighted by atomic mass is 9.80. The number of carbonyl (C=O) groups excluding carboxylic acids is 2. The molecule has 0 spiro atoms. The minimum absolute atomic E-state index is 0.0779. The second-order valence-electron chi connectivity index (χ2n) is 8.25. The molecule has 0 unspecified atom stereocenters. The lowest BCUT2D eigenvalue weighted by Gasteiger charge is -2.30. The van der Waals surface area contributed by atoms with Gasteiger partial charge < -0.3 is 21.7 Å². The van der Waals surface area contributed by atoms with Crippen LogP contribution in [0.15, 0.2) is 23.3 Å². The van der Waals surface area contributed by atoms with E-state index in [2.05, 4.69) is 25.9 Å². The van der Waals surface area contributed by atoms with Crippen LogP contribution in [-0.4, -0.2) is 32.4 Å². The van der Waals surface area contributed by atoms with Crippen LogP contribution in [0.25, 0.3) is 0 Å². The number of amides is 2. The van der Waals surface area contributed by atoms with E-state index in [1.54, 1.807) is 23.6 Å². The van der Waals surface area contributed by atoms with E-state index in [-0.39, 0.29) is 29.3 Å². The summed E-state index contributed by atoms with van der Waals surface area (Å²) in [5.41, 5.74) is 6.06. The number of rotatable bonds is 6. The van der Waals surface area contributed by atoms with Crippen molar-refractivity contribution >= 4 is 29.1 Å². The van der Waals surface area contributed by atoms with Crippen molar-refractivity contribution in [2.24, 2.45) is 11.7 Å². The zero-order valence-corrected chi connectivity index (χ0v) is 17.9. The maximum absolute atomic E-state index is 13.3. The van der Waals surface area contributed by atoms with Gasteiger partial charge in [0.2, 0.25) is 5.91 Å². The van der Waals surface area contributed by atoms with Gasteiger partial charge in [-0.1, -0.05) is 13.8 Å². The summed E-state index contributed by atoms with van der Waals surface area (Å²) in [6, 6.07) is 3.29. The summed E-state index contributed by atoms with van der Waals surface area (Å²) in [6.07, 6.45) is 3.81. The van der Waals surface area contributed by atoms with Crippen LogP contribution >= 0.6 is 0 Å². The van der Waals surface area contributed by atoms with Gasteiger partial charge >= 0.3 is 0 Å². The second kappa shape index (κ2) is 7.77. The van der Waals surface area contributed by atoms with E-state index >= 15 is 0 Å². The molecular formula is C21H27N7O3. The number of hydrogen-bond acceptors (Lipinski definition) is 7. The summed E-state index contributed by atoms with van der Waals surface area (Å²) in [5, 5.41) is 8.77. The largest absolute Gasteiger partial charge is 0.336 e. The Morgan fingerprint density at radius 1 is 1.23 bits per heavy atom. The quantitative estimate of drug-likeness (QED) is 0.550. The number of anilines is 3. The number of fused-ring (bicyclic) bond motifs is 1. The topological polar surface area (TPSA) is 144 Å². The average Bonchev–Trinajstić information content (AvgIpc) is 3.03. The van der Waals surface area contributed by atoms with Crippen molar-refractivity contribution in [3.8, 4) is 0 Å². The fourth-order valence-corrected chi connectivity index (χ4v) is 4.33. The van der Waals surface area contributed by atoms with Crippen molar-refractivity contribution in [1.82, 2.24) is 19.9 Å². The molecule has 5 N–H and O–H groups in total. The van der Waals surface area contributed by atoms with Crippen LogP contribution in [0.4, 0.5) is 17.3 Å². The Bertz CT molecular complexity index is 1100. The molecule has 0 bridgehead atoms. The fraction of sp³-hybridized carbons (Fsp3) is 0.476. The second-order valence-corrected chi connectivity index (χ2v) is 8.25. The molecular weight excluding hydrogens is 398 g/mol. The summed E-state index contributed by atoms with van der Waals surface area (Å²) in [4.78, 5) is 46.4. The SMILES string of the molecule is CCC1(CC)NC(=O)c2c(C)cc(Nc3cc(NC(=O)C4CC(N)C4)ncn3)c(=O)n21. The smallest absolute Gasteiger partial charge is 0.276 e. The summed E-state index contributed by atoms with van der Waals surface area (Å²) < 4.78 is 1.55. The van der Waals surface area contributed by atoms with E-state index in [9.17, 15) is 14.4 Å². The minimum Gasteiger partial charge on any atom is -0.336 e. The monoisotopic (exact) mass is 425 g/mol. The summed E-state index contributed by atoms with van der Waals surface area (Å²) in [5.74, 6) is 0.233. The average molecular weight is 425 g/mol. The lowest BCUT2D eigenvalue weighted by molar-refractivity contribution is -0.122. The molecule has 2 amide bonds. The van der Waals surface area contributed by atoms with Crippen LogP contribution in [0.1, 0.15) is 55.6 Å². The molecule has 164 valence electrons. The number of aromatic nitrogens is 3. The van der Waals surface area contributed by atoms with Crippen LogP contribution in [0, 0.1) is 12.8 Å². The van der Waals surface area contributed by atoms with Crippen LogP contribution in [0.2, 0.25) is 0 Å². The number of nitrogens with two attached hydrogens (primary N) is 1. The highest BCUT2D eigenvalue weighted by Crippen LogP contribution is 2.31. The van der Waals surface area contributed by atoms with Crippen LogP contribution < -0.4 is 27.2 Å². The fourth-order valence-electron chi connectivity index (χ4n) is 4.33. The van der Waals surface area contributed by atoms with Gasteiger partial charge in [0.1, 0.15) is 35.0 Å². The number of nitrogens with zero attached hydrogens (tertiary/aromatic N) is 3. The summed E-state index contributed by atoms with van der Waals surface area (Å²) in [6.45, 7) is 5.68. The Morgan fingerprint density at radius 3 is 2.55 bits per heavy atom. The third-order valence-corrected chi connectivity index (χ3v) is 6.28. The Balaban J connectivity index is 1.62. The first-order valence-corrected chi connectivity index (χ1v) is 10.5. The molecule has 10 heteroatoms. The third kappa shape index (κ3) is 3.56. The number of hydrogen-bond donors (Lipinski definition) is 4. The van der Waals surface area contributed by atoms with Gasteiger partial charge in [0.15, 0.2) is 0 Å². The molecule has 2 aromatic rings. The highest BCUT2D eigenvalue weighted by atomic mass is 16.2. The van der Waals surface area contributed by atoms with E-state index in [1.165, 1.54) is 6.33 Å². The summed E-state index contributed by atoms with van der Waals surface area (Å²) >= 11 is 0. The van der Waals surface area contributed by atoms with E-state index in [0.717, 1.165) is 0 Å². The number of aryl methyl sites for hydroxylation is 1. The van der Waals surface area contributed by atoms with E-state index in [0.29, 0.717) is 54.3 Å². The predicted octanol–water partition coefficient (Wildman–Crippen LogP) is 1.58. The van der Waals surface area contributed by atoms with E-state index in [1.807, 2.05) is 13.8 Å². The van der Waals surface area contributed by atoms with Crippen molar-refractivity contribution in [2.75, 3.05) is 10.6 Å². The molecule has 4 rings (SSSR count). The lowest BCUT2D eigenvalue weighted by Crippen LogP contribution is -2.46. The van der Waals surface area contributed by atoms with Crippen molar-refractivity contribution in [3.63, 3.8) is 0 Å². The van der Waals surface area contributed by atoms with Crippen LogP contribution in [-0.2, 0) is 10.5 Å². The molecule has 31 heavy (non-hydrogen) atoms. The van der Waals surface area contributed by atoms with Gasteiger partial charge in [-0.2, -0.15) is 0 Å². The summed E-state index contributed by atoms with van der Waals surface area (Å²) in [7, 11) is 0. The Morgan fingerprint density at radius 2 is 1.90 bits per heavy atom. The minimum atomic E-state index is -0.750. The molecule has 1 aliphatic heterocycles. The third-order valence-electron chi connectivity index (χ3n) is 6.28. The number of pyridine rings is 1. The van der Waals surface area contributed by atoms with Gasteiger partial charge in [0.05, 0.1) is 0 Å². The molecule has 0 atom stereocenters. The van der Waals surface area contributed by atoms with Gasteiger partial charge in [-0.3, -0.25) is 19.0 Å². The van der Waals surface area contributed by atoms with Crippen molar-refractivity contribution in [3.05, 3.63) is 40.1 Å². The van der Waals surface area contributed by atoms with E-state index in [4.69, 9.17) is 5.73 Å². The normalized spacial score (nSPS) is 21.1. The first kappa shape index (κ1) is 21.0. The predicted molar refractivity (Wildman–Crippen MR) is 116 cm³/mol. The molecule has 1 saturated carbocycles. The Kier molecular flexibility index (Phi) is 5.26. The molecule has 0 saturated heterocycles. The Hall–Kier alpha value is -3.27. The number of nitrogens with one attached hydrogen (secondary N) is 3. The van der Waals surface area contributed by atoms with Gasteiger partial charge in [-0.25, -0.2) is 9.97 Å². The maximum atomic E-state index is 13.3. The zero-order chi connectivity index (χ0) is 22.3. The van der Waals surface area contributed by atoms with Crippen molar-refractivity contribution in [1.29, 1.82) is 0 Å². The molecule has 2 aliphatic rings. The van der Waals surface area contributed by atoms with Crippen molar-refractivity contribution in [2.45, 2.75) is 58.2 Å². The Labute approximate surface area is 179 Å². The van der Waals surface area contributed by atoms with Crippen LogP contribution in [0.3, 0.4) is 0 Å². The molecule has 3 heterocycles. The van der Waals surface area contributed by atoms with Gasteiger partial charge in [0.25, 0.3) is 11.5 Å². The first-order valence-electron chi connectivity index (χ1n) is 10.5. The highest BCUT2D eigenvalue weighted by Gasteiger charge is 2.42. The molecule has 10 nitrogen and oxygen atoms in total. The molecule has 0 aromatic carbocycles. The maximum Gasteiger partial charge on any atom is 0.276 e. The molecule has 1 fully saturated rings. The van der Waals surface area contributed by atoms with E-state index < -0.39 is 5.66 Å².